The number of carbonyl (C=O) groups is 3. The van der Waals surface area contributed by atoms with Gasteiger partial charge in [0.1, 0.15) is 0 Å². The van der Waals surface area contributed by atoms with Crippen molar-refractivity contribution in [2.24, 2.45) is 5.92 Å². The Bertz CT molecular complexity index is 1090. The lowest BCUT2D eigenvalue weighted by Gasteiger charge is -2.17. The van der Waals surface area contributed by atoms with E-state index < -0.39 is 29.3 Å². The molecule has 2 aromatic rings. The highest BCUT2D eigenvalue weighted by atomic mass is 79.9. The fraction of sp³-hybridized carbons (Fsp3) is 0.318. The van der Waals surface area contributed by atoms with Gasteiger partial charge in [0.2, 0.25) is 5.91 Å². The summed E-state index contributed by atoms with van der Waals surface area (Å²) in [5.74, 6) is -2.23. The maximum absolute atomic E-state index is 12.4. The molecule has 0 aliphatic carbocycles. The number of nitrogens with zero attached hydrogens (tertiary/aromatic N) is 2. The van der Waals surface area contributed by atoms with Crippen molar-refractivity contribution in [2.45, 2.75) is 26.7 Å². The molecule has 2 aromatic carbocycles. The lowest BCUT2D eigenvalue weighted by atomic mass is 10.1. The van der Waals surface area contributed by atoms with Crippen molar-refractivity contribution in [3.05, 3.63) is 62.1 Å². The quantitative estimate of drug-likeness (QED) is 0.349. The predicted molar refractivity (Wildman–Crippen MR) is 121 cm³/mol. The molecule has 0 saturated carbocycles. The van der Waals surface area contributed by atoms with Crippen LogP contribution >= 0.6 is 15.9 Å². The predicted octanol–water partition coefficient (Wildman–Crippen LogP) is 3.76. The Kier molecular flexibility index (Phi) is 7.24. The molecule has 10 heteroatoms. The van der Waals surface area contributed by atoms with Crippen molar-refractivity contribution in [1.82, 2.24) is 0 Å². The third-order valence-corrected chi connectivity index (χ3v) is 5.72. The molecule has 0 radical (unpaired) electrons. The fourth-order valence-corrected chi connectivity index (χ4v) is 3.90. The molecule has 0 unspecified atom stereocenters. The van der Waals surface area contributed by atoms with Crippen molar-refractivity contribution in [3.63, 3.8) is 0 Å². The lowest BCUT2D eigenvalue weighted by molar-refractivity contribution is -0.385. The van der Waals surface area contributed by atoms with Crippen LogP contribution in [0.25, 0.3) is 0 Å². The highest BCUT2D eigenvalue weighted by Gasteiger charge is 2.37. The Hall–Kier alpha value is -3.27. The molecule has 2 amide bonds. The van der Waals surface area contributed by atoms with Gasteiger partial charge in [-0.1, -0.05) is 28.9 Å². The number of hydrogen-bond acceptors (Lipinski definition) is 6. The highest BCUT2D eigenvalue weighted by molar-refractivity contribution is 9.10. The number of ether oxygens (including phenoxy) is 1. The van der Waals surface area contributed by atoms with Crippen LogP contribution < -0.4 is 10.2 Å². The Morgan fingerprint density at radius 1 is 1.28 bits per heavy atom. The molecule has 1 aliphatic heterocycles. The van der Waals surface area contributed by atoms with E-state index >= 15 is 0 Å². The number of benzene rings is 2. The summed E-state index contributed by atoms with van der Waals surface area (Å²) in [7, 11) is 0. The molecule has 1 N–H and O–H groups in total. The van der Waals surface area contributed by atoms with Crippen LogP contribution in [0.3, 0.4) is 0 Å². The number of aryl methyl sites for hydroxylation is 2. The molecule has 1 fully saturated rings. The fourth-order valence-electron chi connectivity index (χ4n) is 3.49. The normalized spacial score (nSPS) is 15.5. The molecule has 1 heterocycles. The minimum Gasteiger partial charge on any atom is -0.455 e. The first-order chi connectivity index (χ1) is 15.2. The van der Waals surface area contributed by atoms with Crippen molar-refractivity contribution in [2.75, 3.05) is 23.4 Å². The number of anilines is 2. The maximum Gasteiger partial charge on any atom is 0.311 e. The number of esters is 1. The number of amides is 2. The van der Waals surface area contributed by atoms with Crippen molar-refractivity contribution in [1.29, 1.82) is 0 Å². The zero-order chi connectivity index (χ0) is 23.4. The van der Waals surface area contributed by atoms with E-state index in [1.165, 1.54) is 11.0 Å². The second-order valence-corrected chi connectivity index (χ2v) is 8.36. The van der Waals surface area contributed by atoms with Crippen LogP contribution in [0.2, 0.25) is 0 Å². The van der Waals surface area contributed by atoms with Gasteiger partial charge in [0, 0.05) is 34.8 Å². The topological polar surface area (TPSA) is 119 Å². The van der Waals surface area contributed by atoms with E-state index in [0.717, 1.165) is 10.0 Å². The summed E-state index contributed by atoms with van der Waals surface area (Å²) in [6.45, 7) is 3.13. The van der Waals surface area contributed by atoms with E-state index in [2.05, 4.69) is 21.2 Å². The average molecular weight is 504 g/mol. The number of rotatable bonds is 7. The monoisotopic (exact) mass is 503 g/mol. The van der Waals surface area contributed by atoms with Crippen LogP contribution in [0, 0.1) is 23.0 Å². The molecule has 1 saturated heterocycles. The third-order valence-electron chi connectivity index (χ3n) is 5.23. The molecule has 168 valence electrons. The van der Waals surface area contributed by atoms with Crippen LogP contribution in [0.1, 0.15) is 24.5 Å². The summed E-state index contributed by atoms with van der Waals surface area (Å²) in [5.41, 5.74) is 2.30. The molecule has 32 heavy (non-hydrogen) atoms. The third kappa shape index (κ3) is 5.31. The smallest absolute Gasteiger partial charge is 0.311 e. The molecule has 0 aromatic heterocycles. The first kappa shape index (κ1) is 23.4. The van der Waals surface area contributed by atoms with Gasteiger partial charge >= 0.3 is 5.97 Å². The summed E-state index contributed by atoms with van der Waals surface area (Å²) in [6, 6.07) is 9.94. The van der Waals surface area contributed by atoms with E-state index in [1.54, 1.807) is 31.2 Å². The first-order valence-corrected chi connectivity index (χ1v) is 10.8. The Balaban J connectivity index is 1.59. The molecule has 0 spiro atoms. The van der Waals surface area contributed by atoms with Gasteiger partial charge in [0.25, 0.3) is 11.6 Å². The number of carbonyl (C=O) groups excluding carboxylic acids is 3. The van der Waals surface area contributed by atoms with Crippen molar-refractivity contribution >= 4 is 50.8 Å². The van der Waals surface area contributed by atoms with Crippen LogP contribution in [-0.4, -0.2) is 35.9 Å². The lowest BCUT2D eigenvalue weighted by Crippen LogP contribution is -2.28. The largest absolute Gasteiger partial charge is 0.455 e. The summed E-state index contributed by atoms with van der Waals surface area (Å²) >= 11 is 3.38. The van der Waals surface area contributed by atoms with Crippen LogP contribution in [-0.2, 0) is 25.5 Å². The number of hydrogen-bond donors (Lipinski definition) is 1. The average Bonchev–Trinajstić information content (AvgIpc) is 3.15. The maximum atomic E-state index is 12.4. The molecule has 1 aliphatic rings. The summed E-state index contributed by atoms with van der Waals surface area (Å²) in [5, 5.41) is 13.9. The zero-order valence-electron chi connectivity index (χ0n) is 17.6. The van der Waals surface area contributed by atoms with E-state index in [9.17, 15) is 24.5 Å². The van der Waals surface area contributed by atoms with Gasteiger partial charge in [-0.3, -0.25) is 24.5 Å². The molecule has 3 rings (SSSR count). The highest BCUT2D eigenvalue weighted by Crippen LogP contribution is 2.30. The molecular formula is C22H22BrN3O6. The zero-order valence-corrected chi connectivity index (χ0v) is 19.2. The Morgan fingerprint density at radius 3 is 2.72 bits per heavy atom. The minimum atomic E-state index is -0.755. The molecular weight excluding hydrogens is 482 g/mol. The van der Waals surface area contributed by atoms with Gasteiger partial charge in [0.15, 0.2) is 6.61 Å². The SMILES string of the molecule is CCc1cc(Br)ccc1NC(=O)COC(=O)[C@H]1CC(=O)N(c2ccc(C)c([N+](=O)[O-])c2)C1. The van der Waals surface area contributed by atoms with Gasteiger partial charge < -0.3 is 15.0 Å². The second kappa shape index (κ2) is 9.90. The van der Waals surface area contributed by atoms with Crippen molar-refractivity contribution < 1.29 is 24.0 Å². The van der Waals surface area contributed by atoms with Crippen molar-refractivity contribution in [3.8, 4) is 0 Å². The van der Waals surface area contributed by atoms with Gasteiger partial charge in [-0.2, -0.15) is 0 Å². The summed E-state index contributed by atoms with van der Waals surface area (Å²) in [4.78, 5) is 49.0. The van der Waals surface area contributed by atoms with E-state index in [-0.39, 0.29) is 24.6 Å². The number of halogens is 1. The minimum absolute atomic E-state index is 0.0339. The first-order valence-electron chi connectivity index (χ1n) is 10.00. The number of nitro benzene ring substituents is 1. The molecule has 9 nitrogen and oxygen atoms in total. The standard InChI is InChI=1S/C22H22BrN3O6/c1-3-14-8-16(23)5-7-18(14)24-20(27)12-32-22(29)15-9-21(28)25(11-15)17-6-4-13(2)19(10-17)26(30)31/h4-8,10,15H,3,9,11-12H2,1-2H3,(H,24,27)/t15-/m0/s1. The van der Waals surface area contributed by atoms with Gasteiger partial charge in [-0.05, 0) is 43.2 Å². The Labute approximate surface area is 193 Å². The molecule has 0 bridgehead atoms. The Morgan fingerprint density at radius 2 is 2.03 bits per heavy atom. The second-order valence-electron chi connectivity index (χ2n) is 7.44. The van der Waals surface area contributed by atoms with Gasteiger partial charge in [0.05, 0.1) is 16.5 Å². The summed E-state index contributed by atoms with van der Waals surface area (Å²) in [6.07, 6.45) is 0.626. The number of nitrogens with one attached hydrogen (secondary N) is 1. The van der Waals surface area contributed by atoms with Crippen LogP contribution in [0.15, 0.2) is 40.9 Å². The van der Waals surface area contributed by atoms with Crippen LogP contribution in [0.4, 0.5) is 17.1 Å². The van der Waals surface area contributed by atoms with Gasteiger partial charge in [-0.15, -0.1) is 0 Å². The summed E-state index contributed by atoms with van der Waals surface area (Å²) < 4.78 is 6.02. The van der Waals surface area contributed by atoms with E-state index in [4.69, 9.17) is 4.74 Å². The van der Waals surface area contributed by atoms with Gasteiger partial charge in [-0.25, -0.2) is 0 Å². The van der Waals surface area contributed by atoms with E-state index in [1.807, 2.05) is 13.0 Å². The molecule has 1 atom stereocenters. The van der Waals surface area contributed by atoms with E-state index in [0.29, 0.717) is 23.4 Å². The van der Waals surface area contributed by atoms with Crippen LogP contribution in [0.5, 0.6) is 0 Å². The number of nitro groups is 1.